The first-order chi connectivity index (χ1) is 10.1. The fourth-order valence-corrected chi connectivity index (χ4v) is 4.88. The summed E-state index contributed by atoms with van der Waals surface area (Å²) < 4.78 is 32.2. The van der Waals surface area contributed by atoms with Crippen molar-refractivity contribution in [2.75, 3.05) is 38.2 Å². The van der Waals surface area contributed by atoms with Gasteiger partial charge >= 0.3 is 0 Å². The first kappa shape index (κ1) is 16.6. The number of nitrogens with one attached hydrogen (secondary N) is 1. The molecule has 5 nitrogen and oxygen atoms in total. The number of nitrogens with zero attached hydrogens (tertiary/aromatic N) is 1. The summed E-state index contributed by atoms with van der Waals surface area (Å²) in [7, 11) is -1.80. The van der Waals surface area contributed by atoms with E-state index in [1.807, 2.05) is 6.92 Å². The molecule has 2 rings (SSSR count). The molecule has 0 saturated carbocycles. The number of thioether (sulfide) groups is 1. The van der Waals surface area contributed by atoms with E-state index in [1.54, 1.807) is 41.4 Å². The zero-order valence-corrected chi connectivity index (χ0v) is 14.1. The molecule has 1 N–H and O–H groups in total. The minimum Gasteiger partial charge on any atom is -0.496 e. The molecule has 1 aromatic rings. The fourth-order valence-electron chi connectivity index (χ4n) is 2.25. The van der Waals surface area contributed by atoms with Crippen LogP contribution in [0.5, 0.6) is 5.75 Å². The third kappa shape index (κ3) is 3.91. The van der Waals surface area contributed by atoms with Gasteiger partial charge in [-0.05, 0) is 24.7 Å². The van der Waals surface area contributed by atoms with Crippen LogP contribution in [0.1, 0.15) is 12.5 Å². The van der Waals surface area contributed by atoms with Crippen molar-refractivity contribution in [1.82, 2.24) is 9.62 Å². The van der Waals surface area contributed by atoms with Crippen molar-refractivity contribution < 1.29 is 13.2 Å². The van der Waals surface area contributed by atoms with E-state index in [-0.39, 0.29) is 0 Å². The minimum absolute atomic E-state index is 0.350. The third-order valence-electron chi connectivity index (χ3n) is 3.43. The Hall–Kier alpha value is -0.760. The normalized spacial score (nSPS) is 16.9. The molecule has 21 heavy (non-hydrogen) atoms. The summed E-state index contributed by atoms with van der Waals surface area (Å²) in [5, 5.41) is 3.21. The number of hydrogen-bond donors (Lipinski definition) is 1. The Balaban J connectivity index is 2.29. The van der Waals surface area contributed by atoms with Gasteiger partial charge in [0.05, 0.1) is 12.0 Å². The van der Waals surface area contributed by atoms with Crippen LogP contribution in [0.15, 0.2) is 23.1 Å². The van der Waals surface area contributed by atoms with Gasteiger partial charge in [-0.3, -0.25) is 0 Å². The molecule has 0 aromatic heterocycles. The predicted molar refractivity (Wildman–Crippen MR) is 86.5 cm³/mol. The Labute approximate surface area is 131 Å². The van der Waals surface area contributed by atoms with Crippen molar-refractivity contribution in [3.8, 4) is 5.75 Å². The van der Waals surface area contributed by atoms with Crippen LogP contribution >= 0.6 is 11.8 Å². The second-order valence-corrected chi connectivity index (χ2v) is 7.93. The molecule has 0 aliphatic carbocycles. The third-order valence-corrected chi connectivity index (χ3v) is 6.26. The van der Waals surface area contributed by atoms with E-state index in [9.17, 15) is 8.42 Å². The van der Waals surface area contributed by atoms with E-state index < -0.39 is 10.0 Å². The summed E-state index contributed by atoms with van der Waals surface area (Å²) in [6.45, 7) is 4.60. The molecule has 1 heterocycles. The van der Waals surface area contributed by atoms with Crippen molar-refractivity contribution in [2.24, 2.45) is 0 Å². The second-order valence-electron chi connectivity index (χ2n) is 4.77. The maximum atomic E-state index is 12.7. The lowest BCUT2D eigenvalue weighted by Gasteiger charge is -2.26. The number of hydrogen-bond acceptors (Lipinski definition) is 5. The number of ether oxygens (including phenoxy) is 1. The lowest BCUT2D eigenvalue weighted by atomic mass is 10.2. The molecular formula is C14H22N2O3S2. The minimum atomic E-state index is -3.40. The highest BCUT2D eigenvalue weighted by molar-refractivity contribution is 7.99. The molecule has 0 bridgehead atoms. The van der Waals surface area contributed by atoms with E-state index in [0.717, 1.165) is 23.6 Å². The zero-order chi connectivity index (χ0) is 15.3. The van der Waals surface area contributed by atoms with Gasteiger partial charge in [-0.25, -0.2) is 8.42 Å². The quantitative estimate of drug-likeness (QED) is 0.857. The van der Waals surface area contributed by atoms with Crippen LogP contribution < -0.4 is 10.1 Å². The molecule has 118 valence electrons. The fraction of sp³-hybridized carbons (Fsp3) is 0.571. The molecule has 1 saturated heterocycles. The molecule has 1 aromatic carbocycles. The molecule has 1 aliphatic heterocycles. The molecule has 0 spiro atoms. The van der Waals surface area contributed by atoms with Crippen molar-refractivity contribution in [1.29, 1.82) is 0 Å². The highest BCUT2D eigenvalue weighted by Gasteiger charge is 2.26. The Morgan fingerprint density at radius 3 is 2.67 bits per heavy atom. The summed E-state index contributed by atoms with van der Waals surface area (Å²) in [4.78, 5) is 0.350. The van der Waals surface area contributed by atoms with E-state index >= 15 is 0 Å². The summed E-state index contributed by atoms with van der Waals surface area (Å²) in [5.74, 6) is 2.43. The molecule has 0 amide bonds. The van der Waals surface area contributed by atoms with Crippen LogP contribution in [0.4, 0.5) is 0 Å². The summed E-state index contributed by atoms with van der Waals surface area (Å²) in [6, 6.07) is 5.09. The van der Waals surface area contributed by atoms with Gasteiger partial charge < -0.3 is 10.1 Å². The first-order valence-corrected chi connectivity index (χ1v) is 9.64. The smallest absolute Gasteiger partial charge is 0.243 e. The van der Waals surface area contributed by atoms with Gasteiger partial charge in [0, 0.05) is 36.7 Å². The predicted octanol–water partition coefficient (Wildman–Crippen LogP) is 1.54. The van der Waals surface area contributed by atoms with Gasteiger partial charge in [-0.2, -0.15) is 16.1 Å². The Morgan fingerprint density at radius 2 is 2.05 bits per heavy atom. The zero-order valence-electron chi connectivity index (χ0n) is 12.5. The van der Waals surface area contributed by atoms with Gasteiger partial charge in [0.25, 0.3) is 0 Å². The van der Waals surface area contributed by atoms with Gasteiger partial charge in [0.1, 0.15) is 5.75 Å². The van der Waals surface area contributed by atoms with Crippen LogP contribution in [0.25, 0.3) is 0 Å². The van der Waals surface area contributed by atoms with Crippen LogP contribution in [0.2, 0.25) is 0 Å². The SMILES string of the molecule is CCNCc1cc(S(=O)(=O)N2CCSCC2)ccc1OC. The van der Waals surface area contributed by atoms with Gasteiger partial charge in [0.15, 0.2) is 0 Å². The number of sulfonamides is 1. The largest absolute Gasteiger partial charge is 0.496 e. The van der Waals surface area contributed by atoms with Gasteiger partial charge in [0.2, 0.25) is 10.0 Å². The number of benzene rings is 1. The lowest BCUT2D eigenvalue weighted by Crippen LogP contribution is -2.37. The molecule has 0 radical (unpaired) electrons. The monoisotopic (exact) mass is 330 g/mol. The standard InChI is InChI=1S/C14H22N2O3S2/c1-3-15-11-12-10-13(4-5-14(12)19-2)21(17,18)16-6-8-20-9-7-16/h4-5,10,15H,3,6-9,11H2,1-2H3. The highest BCUT2D eigenvalue weighted by Crippen LogP contribution is 2.26. The molecule has 1 fully saturated rings. The second kappa shape index (κ2) is 7.49. The van der Waals surface area contributed by atoms with E-state index in [1.165, 1.54) is 0 Å². The topological polar surface area (TPSA) is 58.6 Å². The average Bonchev–Trinajstić information content (AvgIpc) is 2.53. The maximum Gasteiger partial charge on any atom is 0.243 e. The Kier molecular flexibility index (Phi) is 5.92. The Morgan fingerprint density at radius 1 is 1.33 bits per heavy atom. The van der Waals surface area contributed by atoms with Crippen LogP contribution in [0, 0.1) is 0 Å². The van der Waals surface area contributed by atoms with Gasteiger partial charge in [-0.15, -0.1) is 0 Å². The summed E-state index contributed by atoms with van der Waals surface area (Å²) in [5.41, 5.74) is 0.867. The highest BCUT2D eigenvalue weighted by atomic mass is 32.2. The van der Waals surface area contributed by atoms with Crippen molar-refractivity contribution >= 4 is 21.8 Å². The first-order valence-electron chi connectivity index (χ1n) is 7.05. The summed E-state index contributed by atoms with van der Waals surface area (Å²) in [6.07, 6.45) is 0. The number of rotatable bonds is 6. The molecule has 0 unspecified atom stereocenters. The van der Waals surface area contributed by atoms with E-state index in [0.29, 0.717) is 30.3 Å². The maximum absolute atomic E-state index is 12.7. The number of methoxy groups -OCH3 is 1. The lowest BCUT2D eigenvalue weighted by molar-refractivity contribution is 0.407. The summed E-state index contributed by atoms with van der Waals surface area (Å²) >= 11 is 1.79. The molecule has 0 atom stereocenters. The Bertz CT molecular complexity index is 570. The van der Waals surface area contributed by atoms with Crippen LogP contribution in [0.3, 0.4) is 0 Å². The molecule has 1 aliphatic rings. The van der Waals surface area contributed by atoms with Crippen molar-refractivity contribution in [3.63, 3.8) is 0 Å². The van der Waals surface area contributed by atoms with Crippen molar-refractivity contribution in [3.05, 3.63) is 23.8 Å². The van der Waals surface area contributed by atoms with Gasteiger partial charge in [-0.1, -0.05) is 6.92 Å². The van der Waals surface area contributed by atoms with E-state index in [2.05, 4.69) is 5.32 Å². The molecule has 7 heteroatoms. The average molecular weight is 330 g/mol. The van der Waals surface area contributed by atoms with Crippen molar-refractivity contribution in [2.45, 2.75) is 18.4 Å². The van der Waals surface area contributed by atoms with Crippen LogP contribution in [-0.4, -0.2) is 51.0 Å². The van der Waals surface area contributed by atoms with E-state index in [4.69, 9.17) is 4.74 Å². The van der Waals surface area contributed by atoms with Crippen LogP contribution in [-0.2, 0) is 16.6 Å². The molecular weight excluding hydrogens is 308 g/mol.